The summed E-state index contributed by atoms with van der Waals surface area (Å²) < 4.78 is 38.0. The van der Waals surface area contributed by atoms with E-state index in [0.29, 0.717) is 12.1 Å². The summed E-state index contributed by atoms with van der Waals surface area (Å²) in [5.41, 5.74) is 0.388. The average molecular weight is 372 g/mol. The van der Waals surface area contributed by atoms with Crippen molar-refractivity contribution in [1.82, 2.24) is 10.2 Å². The van der Waals surface area contributed by atoms with Gasteiger partial charge in [-0.15, -0.1) is 0 Å². The van der Waals surface area contributed by atoms with Gasteiger partial charge in [-0.05, 0) is 63.4 Å². The van der Waals surface area contributed by atoms with Crippen molar-refractivity contribution in [2.45, 2.75) is 50.2 Å². The monoisotopic (exact) mass is 372 g/mol. The maximum atomic E-state index is 12.7. The SMILES string of the molecule is C=C(/C=C\C(=C/CC(F)(F)F)CN1CCCC12CCCNCC2)C(=O)O. The minimum absolute atomic E-state index is 0.0401. The Bertz CT molecular complexity index is 574. The summed E-state index contributed by atoms with van der Waals surface area (Å²) in [6.07, 6.45) is 3.79. The molecule has 146 valence electrons. The lowest BCUT2D eigenvalue weighted by Gasteiger charge is -2.38. The number of hydrogen-bond acceptors (Lipinski definition) is 3. The lowest BCUT2D eigenvalue weighted by Crippen LogP contribution is -2.45. The fourth-order valence-electron chi connectivity index (χ4n) is 3.85. The van der Waals surface area contributed by atoms with Gasteiger partial charge in [0, 0.05) is 12.1 Å². The molecule has 2 aliphatic rings. The van der Waals surface area contributed by atoms with Crippen LogP contribution in [0.15, 0.2) is 36.0 Å². The van der Waals surface area contributed by atoms with Crippen molar-refractivity contribution < 1.29 is 23.1 Å². The number of allylic oxidation sites excluding steroid dienone is 1. The molecule has 0 aromatic heterocycles. The molecule has 4 nitrogen and oxygen atoms in total. The Kier molecular flexibility index (Phi) is 7.06. The van der Waals surface area contributed by atoms with E-state index in [1.807, 2.05) is 0 Å². The van der Waals surface area contributed by atoms with Crippen LogP contribution in [-0.4, -0.2) is 53.9 Å². The van der Waals surface area contributed by atoms with Crippen LogP contribution in [-0.2, 0) is 4.79 Å². The molecule has 0 bridgehead atoms. The highest BCUT2D eigenvalue weighted by Crippen LogP contribution is 2.38. The van der Waals surface area contributed by atoms with E-state index >= 15 is 0 Å². The van der Waals surface area contributed by atoms with Crippen molar-refractivity contribution >= 4 is 5.97 Å². The Hall–Kier alpha value is -1.60. The van der Waals surface area contributed by atoms with Crippen LogP contribution >= 0.6 is 0 Å². The molecule has 2 rings (SSSR count). The van der Waals surface area contributed by atoms with Crippen molar-refractivity contribution in [3.05, 3.63) is 36.0 Å². The summed E-state index contributed by atoms with van der Waals surface area (Å²) in [6.45, 7) is 6.56. The molecule has 2 N–H and O–H groups in total. The van der Waals surface area contributed by atoms with Crippen LogP contribution in [0.3, 0.4) is 0 Å². The topological polar surface area (TPSA) is 52.6 Å². The van der Waals surface area contributed by atoms with E-state index in [4.69, 9.17) is 5.11 Å². The zero-order valence-electron chi connectivity index (χ0n) is 14.9. The van der Waals surface area contributed by atoms with E-state index in [2.05, 4.69) is 16.8 Å². The quantitative estimate of drug-likeness (QED) is 0.552. The molecule has 0 saturated carbocycles. The lowest BCUT2D eigenvalue weighted by atomic mass is 9.87. The minimum Gasteiger partial charge on any atom is -0.478 e. The molecule has 1 atom stereocenters. The van der Waals surface area contributed by atoms with E-state index in [9.17, 15) is 18.0 Å². The van der Waals surface area contributed by atoms with E-state index in [-0.39, 0.29) is 11.1 Å². The normalized spacial score (nSPS) is 25.7. The number of halogens is 3. The number of carbonyl (C=O) groups is 1. The molecule has 2 heterocycles. The number of alkyl halides is 3. The van der Waals surface area contributed by atoms with Gasteiger partial charge in [0.05, 0.1) is 12.0 Å². The van der Waals surface area contributed by atoms with Gasteiger partial charge in [-0.2, -0.15) is 13.2 Å². The van der Waals surface area contributed by atoms with Crippen LogP contribution in [0.5, 0.6) is 0 Å². The van der Waals surface area contributed by atoms with E-state index in [0.717, 1.165) is 57.8 Å². The Morgan fingerprint density at radius 2 is 1.92 bits per heavy atom. The van der Waals surface area contributed by atoms with Gasteiger partial charge in [-0.3, -0.25) is 4.90 Å². The molecular formula is C19H27F3N2O2. The molecule has 1 unspecified atom stereocenters. The van der Waals surface area contributed by atoms with Gasteiger partial charge in [-0.25, -0.2) is 4.79 Å². The first-order valence-corrected chi connectivity index (χ1v) is 9.04. The number of aliphatic carboxylic acids is 1. The first kappa shape index (κ1) is 20.7. The summed E-state index contributed by atoms with van der Waals surface area (Å²) >= 11 is 0. The fraction of sp³-hybridized carbons (Fsp3) is 0.632. The highest BCUT2D eigenvalue weighted by atomic mass is 19.4. The number of likely N-dealkylation sites (tertiary alicyclic amines) is 1. The molecule has 2 fully saturated rings. The van der Waals surface area contributed by atoms with Gasteiger partial charge in [0.2, 0.25) is 0 Å². The highest BCUT2D eigenvalue weighted by Gasteiger charge is 2.40. The van der Waals surface area contributed by atoms with Gasteiger partial charge in [0.25, 0.3) is 0 Å². The summed E-state index contributed by atoms with van der Waals surface area (Å²) in [5, 5.41) is 12.3. The number of nitrogens with one attached hydrogen (secondary N) is 1. The van der Waals surface area contributed by atoms with Crippen LogP contribution < -0.4 is 5.32 Å². The first-order chi connectivity index (χ1) is 12.2. The maximum absolute atomic E-state index is 12.7. The number of carboxylic acids is 1. The second-order valence-electron chi connectivity index (χ2n) is 7.12. The lowest BCUT2D eigenvalue weighted by molar-refractivity contribution is -0.132. The average Bonchev–Trinajstić information content (AvgIpc) is 2.78. The van der Waals surface area contributed by atoms with E-state index < -0.39 is 18.6 Å². The molecule has 0 radical (unpaired) electrons. The molecule has 26 heavy (non-hydrogen) atoms. The molecule has 0 aliphatic carbocycles. The molecular weight excluding hydrogens is 345 g/mol. The Morgan fingerprint density at radius 1 is 1.19 bits per heavy atom. The van der Waals surface area contributed by atoms with Gasteiger partial charge in [0.1, 0.15) is 0 Å². The summed E-state index contributed by atoms with van der Waals surface area (Å²) in [6, 6.07) is 0. The summed E-state index contributed by atoms with van der Waals surface area (Å²) in [5.74, 6) is -1.18. The number of carboxylic acid groups (broad SMARTS) is 1. The van der Waals surface area contributed by atoms with Crippen LogP contribution in [0.1, 0.15) is 38.5 Å². The third-order valence-electron chi connectivity index (χ3n) is 5.25. The predicted octanol–water partition coefficient (Wildman–Crippen LogP) is 3.67. The van der Waals surface area contributed by atoms with Gasteiger partial charge in [-0.1, -0.05) is 18.7 Å². The van der Waals surface area contributed by atoms with Gasteiger partial charge in [0.15, 0.2) is 0 Å². The summed E-state index contributed by atoms with van der Waals surface area (Å²) in [4.78, 5) is 13.2. The molecule has 7 heteroatoms. The van der Waals surface area contributed by atoms with Crippen LogP contribution in [0, 0.1) is 0 Å². The number of rotatable bonds is 6. The van der Waals surface area contributed by atoms with Crippen LogP contribution in [0.4, 0.5) is 13.2 Å². The van der Waals surface area contributed by atoms with Crippen LogP contribution in [0.25, 0.3) is 0 Å². The molecule has 0 aromatic rings. The van der Waals surface area contributed by atoms with E-state index in [1.165, 1.54) is 12.2 Å². The first-order valence-electron chi connectivity index (χ1n) is 9.04. The van der Waals surface area contributed by atoms with Crippen molar-refractivity contribution in [2.75, 3.05) is 26.2 Å². The highest BCUT2D eigenvalue weighted by molar-refractivity contribution is 5.89. The van der Waals surface area contributed by atoms with Gasteiger partial charge >= 0.3 is 12.1 Å². The molecule has 1 spiro atoms. The fourth-order valence-corrected chi connectivity index (χ4v) is 3.85. The second-order valence-corrected chi connectivity index (χ2v) is 7.12. The zero-order valence-corrected chi connectivity index (χ0v) is 14.9. The standard InChI is InChI=1S/C19H27F3N2O2/c1-15(17(25)26)4-5-16(6-9-19(20,21)22)14-24-13-3-8-18(24)7-2-11-23-12-10-18/h4-6,23H,1-3,7-14H2,(H,25,26)/b5-4-,16-6+. The maximum Gasteiger partial charge on any atom is 0.392 e. The molecule has 2 aliphatic heterocycles. The van der Waals surface area contributed by atoms with Crippen molar-refractivity contribution in [2.24, 2.45) is 0 Å². The van der Waals surface area contributed by atoms with E-state index in [1.54, 1.807) is 0 Å². The molecule has 0 aromatic carbocycles. The number of nitrogens with zero attached hydrogens (tertiary/aromatic N) is 1. The Balaban J connectivity index is 2.16. The Labute approximate surface area is 152 Å². The summed E-state index contributed by atoms with van der Waals surface area (Å²) in [7, 11) is 0. The minimum atomic E-state index is -4.28. The van der Waals surface area contributed by atoms with Gasteiger partial charge < -0.3 is 10.4 Å². The number of hydrogen-bond donors (Lipinski definition) is 2. The molecule has 0 amide bonds. The predicted molar refractivity (Wildman–Crippen MR) is 94.9 cm³/mol. The zero-order chi connectivity index (χ0) is 19.2. The largest absolute Gasteiger partial charge is 0.478 e. The third-order valence-corrected chi connectivity index (χ3v) is 5.25. The Morgan fingerprint density at radius 3 is 2.62 bits per heavy atom. The molecule has 2 saturated heterocycles. The third kappa shape index (κ3) is 5.99. The van der Waals surface area contributed by atoms with Crippen molar-refractivity contribution in [1.29, 1.82) is 0 Å². The smallest absolute Gasteiger partial charge is 0.392 e. The van der Waals surface area contributed by atoms with Crippen molar-refractivity contribution in [3.63, 3.8) is 0 Å². The van der Waals surface area contributed by atoms with Crippen LogP contribution in [0.2, 0.25) is 0 Å². The second kappa shape index (κ2) is 8.86. The van der Waals surface area contributed by atoms with Crippen molar-refractivity contribution in [3.8, 4) is 0 Å².